The summed E-state index contributed by atoms with van der Waals surface area (Å²) in [6.07, 6.45) is 0.114. The standard InChI is InChI=1S/C20H24N2O5/c1-22(2)20(24)14-7-6-8-15(12-14)21-18(23)11-13-9-16(25-3)19(27-5)17(10-13)26-4/h6-10,12H,11H2,1-5H3,(H,21,23). The van der Waals surface area contributed by atoms with Crippen LogP contribution in [0, 0.1) is 0 Å². The molecule has 0 saturated carbocycles. The lowest BCUT2D eigenvalue weighted by Gasteiger charge is -2.14. The molecule has 144 valence electrons. The summed E-state index contributed by atoms with van der Waals surface area (Å²) in [5, 5.41) is 2.81. The fourth-order valence-corrected chi connectivity index (χ4v) is 2.62. The van der Waals surface area contributed by atoms with Gasteiger partial charge in [-0.2, -0.15) is 0 Å². The molecule has 0 fully saturated rings. The molecule has 2 amide bonds. The summed E-state index contributed by atoms with van der Waals surface area (Å²) in [5.74, 6) is 1.09. The van der Waals surface area contributed by atoms with Gasteiger partial charge in [-0.3, -0.25) is 9.59 Å². The van der Waals surface area contributed by atoms with Gasteiger partial charge < -0.3 is 24.4 Å². The van der Waals surface area contributed by atoms with Crippen LogP contribution in [0.15, 0.2) is 36.4 Å². The maximum Gasteiger partial charge on any atom is 0.253 e. The molecule has 2 aromatic carbocycles. The smallest absolute Gasteiger partial charge is 0.253 e. The van der Waals surface area contributed by atoms with Crippen LogP contribution in [0.2, 0.25) is 0 Å². The van der Waals surface area contributed by atoms with Crippen LogP contribution in [0.25, 0.3) is 0 Å². The average Bonchev–Trinajstić information content (AvgIpc) is 2.66. The first-order chi connectivity index (χ1) is 12.9. The van der Waals surface area contributed by atoms with E-state index in [1.54, 1.807) is 50.5 Å². The van der Waals surface area contributed by atoms with Gasteiger partial charge in [-0.1, -0.05) is 6.07 Å². The number of nitrogens with one attached hydrogen (secondary N) is 1. The van der Waals surface area contributed by atoms with Crippen LogP contribution in [-0.4, -0.2) is 52.1 Å². The molecule has 7 heteroatoms. The molecule has 2 rings (SSSR count). The van der Waals surface area contributed by atoms with Gasteiger partial charge in [-0.25, -0.2) is 0 Å². The first-order valence-corrected chi connectivity index (χ1v) is 8.30. The molecular formula is C20H24N2O5. The van der Waals surface area contributed by atoms with Crippen LogP contribution in [-0.2, 0) is 11.2 Å². The highest BCUT2D eigenvalue weighted by Crippen LogP contribution is 2.38. The summed E-state index contributed by atoms with van der Waals surface area (Å²) in [6.45, 7) is 0. The molecule has 0 radical (unpaired) electrons. The summed E-state index contributed by atoms with van der Waals surface area (Å²) >= 11 is 0. The summed E-state index contributed by atoms with van der Waals surface area (Å²) in [5.41, 5.74) is 1.77. The van der Waals surface area contributed by atoms with E-state index in [1.165, 1.54) is 26.2 Å². The number of anilines is 1. The molecule has 0 saturated heterocycles. The monoisotopic (exact) mass is 372 g/mol. The Kier molecular flexibility index (Phi) is 6.65. The molecule has 27 heavy (non-hydrogen) atoms. The molecule has 0 heterocycles. The maximum atomic E-state index is 12.4. The third-order valence-corrected chi connectivity index (χ3v) is 3.89. The zero-order valence-corrected chi connectivity index (χ0v) is 16.2. The van der Waals surface area contributed by atoms with E-state index >= 15 is 0 Å². The quantitative estimate of drug-likeness (QED) is 0.808. The second kappa shape index (κ2) is 8.93. The van der Waals surface area contributed by atoms with Gasteiger partial charge in [0.15, 0.2) is 11.5 Å². The number of carbonyl (C=O) groups excluding carboxylic acids is 2. The van der Waals surface area contributed by atoms with Crippen molar-refractivity contribution in [1.82, 2.24) is 4.90 Å². The molecule has 0 aliphatic rings. The predicted octanol–water partition coefficient (Wildman–Crippen LogP) is 2.60. The molecule has 2 aromatic rings. The second-order valence-electron chi connectivity index (χ2n) is 6.04. The minimum atomic E-state index is -0.223. The number of benzene rings is 2. The first kappa shape index (κ1) is 20.1. The van der Waals surface area contributed by atoms with E-state index in [9.17, 15) is 9.59 Å². The lowest BCUT2D eigenvalue weighted by Crippen LogP contribution is -2.22. The SMILES string of the molecule is COc1cc(CC(=O)Nc2cccc(C(=O)N(C)C)c2)cc(OC)c1OC. The largest absolute Gasteiger partial charge is 0.493 e. The third-order valence-electron chi connectivity index (χ3n) is 3.89. The van der Waals surface area contributed by atoms with Gasteiger partial charge in [0, 0.05) is 25.3 Å². The molecule has 0 unspecified atom stereocenters. The maximum absolute atomic E-state index is 12.4. The summed E-state index contributed by atoms with van der Waals surface area (Å²) in [4.78, 5) is 26.0. The lowest BCUT2D eigenvalue weighted by molar-refractivity contribution is -0.115. The van der Waals surface area contributed by atoms with Crippen molar-refractivity contribution in [3.8, 4) is 17.2 Å². The lowest BCUT2D eigenvalue weighted by atomic mass is 10.1. The summed E-state index contributed by atoms with van der Waals surface area (Å²) < 4.78 is 15.9. The molecular weight excluding hydrogens is 348 g/mol. The highest BCUT2D eigenvalue weighted by molar-refractivity contribution is 5.97. The van der Waals surface area contributed by atoms with E-state index < -0.39 is 0 Å². The highest BCUT2D eigenvalue weighted by atomic mass is 16.5. The van der Waals surface area contributed by atoms with Crippen LogP contribution >= 0.6 is 0 Å². The van der Waals surface area contributed by atoms with Crippen molar-refractivity contribution >= 4 is 17.5 Å². The van der Waals surface area contributed by atoms with Crippen molar-refractivity contribution in [1.29, 1.82) is 0 Å². The number of nitrogens with zero attached hydrogens (tertiary/aromatic N) is 1. The van der Waals surface area contributed by atoms with Gasteiger partial charge in [0.2, 0.25) is 11.7 Å². The summed E-state index contributed by atoms with van der Waals surface area (Å²) in [7, 11) is 7.92. The Morgan fingerprint density at radius 1 is 0.963 bits per heavy atom. The van der Waals surface area contributed by atoms with Crippen LogP contribution in [0.3, 0.4) is 0 Å². The fourth-order valence-electron chi connectivity index (χ4n) is 2.62. The van der Waals surface area contributed by atoms with Crippen LogP contribution in [0.4, 0.5) is 5.69 Å². The van der Waals surface area contributed by atoms with Crippen LogP contribution < -0.4 is 19.5 Å². The minimum absolute atomic E-state index is 0.114. The number of ether oxygens (including phenoxy) is 3. The highest BCUT2D eigenvalue weighted by Gasteiger charge is 2.15. The van der Waals surface area contributed by atoms with Gasteiger partial charge in [0.05, 0.1) is 27.8 Å². The van der Waals surface area contributed by atoms with E-state index in [-0.39, 0.29) is 18.2 Å². The van der Waals surface area contributed by atoms with Gasteiger partial charge in [-0.15, -0.1) is 0 Å². The van der Waals surface area contributed by atoms with Crippen molar-refractivity contribution < 1.29 is 23.8 Å². The molecule has 0 bridgehead atoms. The molecule has 0 aliphatic carbocycles. The number of hydrogen-bond acceptors (Lipinski definition) is 5. The minimum Gasteiger partial charge on any atom is -0.493 e. The third kappa shape index (κ3) is 4.91. The number of amides is 2. The van der Waals surface area contributed by atoms with Crippen molar-refractivity contribution in [3.63, 3.8) is 0 Å². The first-order valence-electron chi connectivity index (χ1n) is 8.30. The normalized spacial score (nSPS) is 10.1. The Labute approximate surface area is 158 Å². The Morgan fingerprint density at radius 2 is 1.59 bits per heavy atom. The number of methoxy groups -OCH3 is 3. The molecule has 0 aromatic heterocycles. The van der Waals surface area contributed by atoms with E-state index in [1.807, 2.05) is 0 Å². The van der Waals surface area contributed by atoms with Gasteiger partial charge >= 0.3 is 0 Å². The van der Waals surface area contributed by atoms with E-state index in [0.29, 0.717) is 34.1 Å². The van der Waals surface area contributed by atoms with E-state index in [0.717, 1.165) is 0 Å². The Hall–Kier alpha value is -3.22. The second-order valence-corrected chi connectivity index (χ2v) is 6.04. The Bertz CT molecular complexity index is 808. The Morgan fingerprint density at radius 3 is 2.11 bits per heavy atom. The van der Waals surface area contributed by atoms with Crippen molar-refractivity contribution in [2.45, 2.75) is 6.42 Å². The van der Waals surface area contributed by atoms with E-state index in [4.69, 9.17) is 14.2 Å². The van der Waals surface area contributed by atoms with Crippen LogP contribution in [0.1, 0.15) is 15.9 Å². The number of rotatable bonds is 7. The topological polar surface area (TPSA) is 77.1 Å². The zero-order chi connectivity index (χ0) is 20.0. The van der Waals surface area contributed by atoms with Gasteiger partial charge in [-0.05, 0) is 35.9 Å². The van der Waals surface area contributed by atoms with E-state index in [2.05, 4.69) is 5.32 Å². The van der Waals surface area contributed by atoms with Crippen molar-refractivity contribution in [3.05, 3.63) is 47.5 Å². The Balaban J connectivity index is 2.17. The predicted molar refractivity (Wildman–Crippen MR) is 103 cm³/mol. The van der Waals surface area contributed by atoms with Crippen LogP contribution in [0.5, 0.6) is 17.2 Å². The van der Waals surface area contributed by atoms with Gasteiger partial charge in [0.25, 0.3) is 5.91 Å². The molecule has 0 aliphatic heterocycles. The van der Waals surface area contributed by atoms with Crippen molar-refractivity contribution in [2.75, 3.05) is 40.7 Å². The number of hydrogen-bond donors (Lipinski definition) is 1. The summed E-state index contributed by atoms with van der Waals surface area (Å²) in [6, 6.07) is 10.3. The fraction of sp³-hybridized carbons (Fsp3) is 0.300. The molecule has 7 nitrogen and oxygen atoms in total. The molecule has 1 N–H and O–H groups in total. The van der Waals surface area contributed by atoms with Crippen molar-refractivity contribution in [2.24, 2.45) is 0 Å². The average molecular weight is 372 g/mol. The zero-order valence-electron chi connectivity index (χ0n) is 16.2. The molecule has 0 atom stereocenters. The molecule has 0 spiro atoms. The van der Waals surface area contributed by atoms with Gasteiger partial charge in [0.1, 0.15) is 0 Å². The number of carbonyl (C=O) groups is 2.